The molecule has 128 valence electrons. The Labute approximate surface area is 142 Å². The van der Waals surface area contributed by atoms with Crippen LogP contribution in [0.2, 0.25) is 0 Å². The molecule has 0 fully saturated rings. The molecule has 2 heterocycles. The van der Waals surface area contributed by atoms with Crippen LogP contribution < -0.4 is 5.32 Å². The standard InChI is InChI=1S/C16H18F2N4OS/c1-16(2,3)12-8-22-15(20-12)24-14(21-22)19-7-11(23)13-9(17)5-4-6-10(13)18/h4-6,8,11,23H,7H2,1-3H3,(H,19,21). The van der Waals surface area contributed by atoms with Gasteiger partial charge in [0.25, 0.3) is 0 Å². The van der Waals surface area contributed by atoms with Gasteiger partial charge in [-0.1, -0.05) is 38.2 Å². The van der Waals surface area contributed by atoms with Crippen molar-refractivity contribution in [1.82, 2.24) is 14.6 Å². The molecule has 0 aliphatic rings. The summed E-state index contributed by atoms with van der Waals surface area (Å²) >= 11 is 1.31. The second-order valence-corrected chi connectivity index (χ2v) is 7.50. The molecule has 2 N–H and O–H groups in total. The van der Waals surface area contributed by atoms with Crippen LogP contribution in [0, 0.1) is 11.6 Å². The number of nitrogens with zero attached hydrogens (tertiary/aromatic N) is 3. The highest BCUT2D eigenvalue weighted by Crippen LogP contribution is 2.26. The lowest BCUT2D eigenvalue weighted by molar-refractivity contribution is 0.181. The fourth-order valence-corrected chi connectivity index (χ4v) is 3.04. The van der Waals surface area contributed by atoms with Crippen molar-refractivity contribution >= 4 is 21.4 Å². The van der Waals surface area contributed by atoms with Crippen molar-refractivity contribution < 1.29 is 13.9 Å². The number of fused-ring (bicyclic) bond motifs is 1. The molecular weight excluding hydrogens is 334 g/mol. The number of aliphatic hydroxyl groups is 1. The number of halogens is 2. The second-order valence-electron chi connectivity index (χ2n) is 6.54. The van der Waals surface area contributed by atoms with Crippen LogP contribution in [0.1, 0.15) is 38.1 Å². The summed E-state index contributed by atoms with van der Waals surface area (Å²) in [5.74, 6) is -1.54. The Morgan fingerprint density at radius 1 is 1.29 bits per heavy atom. The fourth-order valence-electron chi connectivity index (χ4n) is 2.25. The van der Waals surface area contributed by atoms with Gasteiger partial charge in [0.15, 0.2) is 0 Å². The minimum atomic E-state index is -1.31. The Morgan fingerprint density at radius 2 is 1.96 bits per heavy atom. The maximum atomic E-state index is 13.6. The number of imidazole rings is 1. The topological polar surface area (TPSA) is 62.5 Å². The first-order valence-corrected chi connectivity index (χ1v) is 8.30. The molecule has 0 aliphatic heterocycles. The van der Waals surface area contributed by atoms with Crippen molar-refractivity contribution in [2.75, 3.05) is 11.9 Å². The van der Waals surface area contributed by atoms with Gasteiger partial charge in [-0.2, -0.15) is 0 Å². The van der Waals surface area contributed by atoms with E-state index in [2.05, 4.69) is 36.2 Å². The van der Waals surface area contributed by atoms with Gasteiger partial charge in [-0.05, 0) is 12.1 Å². The van der Waals surface area contributed by atoms with E-state index < -0.39 is 17.7 Å². The van der Waals surface area contributed by atoms with Gasteiger partial charge in [-0.15, -0.1) is 5.10 Å². The zero-order chi connectivity index (χ0) is 17.5. The van der Waals surface area contributed by atoms with E-state index in [9.17, 15) is 13.9 Å². The van der Waals surface area contributed by atoms with Crippen molar-refractivity contribution in [2.45, 2.75) is 32.3 Å². The zero-order valence-corrected chi connectivity index (χ0v) is 14.4. The Morgan fingerprint density at radius 3 is 2.54 bits per heavy atom. The fraction of sp³-hybridized carbons (Fsp3) is 0.375. The largest absolute Gasteiger partial charge is 0.386 e. The predicted octanol–water partition coefficient (Wildman–Crippen LogP) is 3.51. The molecular formula is C16H18F2N4OS. The molecule has 1 atom stereocenters. The van der Waals surface area contributed by atoms with E-state index in [0.29, 0.717) is 10.1 Å². The average Bonchev–Trinajstić information content (AvgIpc) is 3.02. The van der Waals surface area contributed by atoms with Crippen molar-refractivity contribution in [3.8, 4) is 0 Å². The number of nitrogens with one attached hydrogen (secondary N) is 1. The SMILES string of the molecule is CC(C)(C)c1cn2nc(NCC(O)c3c(F)cccc3F)sc2n1. The van der Waals surface area contributed by atoms with Gasteiger partial charge >= 0.3 is 0 Å². The summed E-state index contributed by atoms with van der Waals surface area (Å²) in [4.78, 5) is 5.23. The van der Waals surface area contributed by atoms with Crippen LogP contribution in [-0.4, -0.2) is 26.2 Å². The molecule has 1 unspecified atom stereocenters. The van der Waals surface area contributed by atoms with E-state index in [1.807, 2.05) is 6.20 Å². The summed E-state index contributed by atoms with van der Waals surface area (Å²) in [6.45, 7) is 6.15. The highest BCUT2D eigenvalue weighted by Gasteiger charge is 2.20. The zero-order valence-electron chi connectivity index (χ0n) is 13.5. The van der Waals surface area contributed by atoms with Crippen molar-refractivity contribution in [3.05, 3.63) is 47.3 Å². The number of aliphatic hydroxyl groups excluding tert-OH is 1. The lowest BCUT2D eigenvalue weighted by Crippen LogP contribution is -2.15. The summed E-state index contributed by atoms with van der Waals surface area (Å²) < 4.78 is 28.9. The van der Waals surface area contributed by atoms with Gasteiger partial charge < -0.3 is 10.4 Å². The van der Waals surface area contributed by atoms with Gasteiger partial charge in [-0.3, -0.25) is 0 Å². The number of benzene rings is 1. The molecule has 0 radical (unpaired) electrons. The van der Waals surface area contributed by atoms with Crippen LogP contribution in [0.3, 0.4) is 0 Å². The molecule has 0 bridgehead atoms. The van der Waals surface area contributed by atoms with Gasteiger partial charge in [-0.25, -0.2) is 18.3 Å². The molecule has 3 rings (SSSR count). The summed E-state index contributed by atoms with van der Waals surface area (Å²) in [6.07, 6.45) is 0.539. The number of hydrogen-bond acceptors (Lipinski definition) is 5. The number of aromatic nitrogens is 3. The van der Waals surface area contributed by atoms with Gasteiger partial charge in [0, 0.05) is 12.0 Å². The smallest absolute Gasteiger partial charge is 0.214 e. The molecule has 0 spiro atoms. The quantitative estimate of drug-likeness (QED) is 0.754. The molecule has 1 aromatic carbocycles. The lowest BCUT2D eigenvalue weighted by Gasteiger charge is -2.14. The maximum absolute atomic E-state index is 13.6. The molecule has 0 amide bonds. The van der Waals surface area contributed by atoms with Crippen LogP contribution in [0.15, 0.2) is 24.4 Å². The van der Waals surface area contributed by atoms with Crippen LogP contribution in [0.4, 0.5) is 13.9 Å². The van der Waals surface area contributed by atoms with Crippen molar-refractivity contribution in [2.24, 2.45) is 0 Å². The summed E-state index contributed by atoms with van der Waals surface area (Å²) in [5, 5.41) is 17.8. The number of rotatable bonds is 4. The molecule has 24 heavy (non-hydrogen) atoms. The highest BCUT2D eigenvalue weighted by atomic mass is 32.1. The van der Waals surface area contributed by atoms with Crippen LogP contribution >= 0.6 is 11.3 Å². The lowest BCUT2D eigenvalue weighted by atomic mass is 9.93. The molecule has 2 aromatic heterocycles. The molecule has 5 nitrogen and oxygen atoms in total. The third-order valence-corrected chi connectivity index (χ3v) is 4.47. The average molecular weight is 352 g/mol. The summed E-state index contributed by atoms with van der Waals surface area (Å²) in [5.41, 5.74) is 0.516. The van der Waals surface area contributed by atoms with Gasteiger partial charge in [0.05, 0.1) is 17.5 Å². The Hall–Kier alpha value is -2.06. The van der Waals surface area contributed by atoms with Crippen LogP contribution in [0.25, 0.3) is 4.96 Å². The van der Waals surface area contributed by atoms with Crippen molar-refractivity contribution in [1.29, 1.82) is 0 Å². The molecule has 0 aliphatic carbocycles. The molecule has 0 saturated carbocycles. The van der Waals surface area contributed by atoms with Crippen LogP contribution in [-0.2, 0) is 5.41 Å². The Balaban J connectivity index is 1.73. The Bertz CT molecular complexity index is 817. The Kier molecular flexibility index (Phi) is 4.27. The first kappa shape index (κ1) is 16.8. The molecule has 0 saturated heterocycles. The van der Waals surface area contributed by atoms with Gasteiger partial charge in [0.2, 0.25) is 10.1 Å². The molecule has 8 heteroatoms. The van der Waals surface area contributed by atoms with Crippen LogP contribution in [0.5, 0.6) is 0 Å². The van der Waals surface area contributed by atoms with E-state index >= 15 is 0 Å². The normalized spacial score (nSPS) is 13.4. The monoisotopic (exact) mass is 352 g/mol. The maximum Gasteiger partial charge on any atom is 0.214 e. The number of anilines is 1. The van der Waals surface area contributed by atoms with E-state index in [1.54, 1.807) is 4.52 Å². The van der Waals surface area contributed by atoms with Gasteiger partial charge in [0.1, 0.15) is 17.7 Å². The third-order valence-electron chi connectivity index (χ3n) is 3.59. The first-order valence-electron chi connectivity index (χ1n) is 7.48. The predicted molar refractivity (Wildman–Crippen MR) is 89.4 cm³/mol. The highest BCUT2D eigenvalue weighted by molar-refractivity contribution is 7.20. The van der Waals surface area contributed by atoms with E-state index in [0.717, 1.165) is 17.8 Å². The summed E-state index contributed by atoms with van der Waals surface area (Å²) in [6, 6.07) is 3.50. The molecule has 3 aromatic rings. The minimum Gasteiger partial charge on any atom is -0.386 e. The third kappa shape index (κ3) is 3.25. The minimum absolute atomic E-state index is 0.0549. The second kappa shape index (κ2) is 6.10. The van der Waals surface area contributed by atoms with E-state index in [-0.39, 0.29) is 17.5 Å². The summed E-state index contributed by atoms with van der Waals surface area (Å²) in [7, 11) is 0. The van der Waals surface area contributed by atoms with E-state index in [4.69, 9.17) is 0 Å². The number of hydrogen-bond donors (Lipinski definition) is 2. The van der Waals surface area contributed by atoms with E-state index in [1.165, 1.54) is 17.4 Å². The first-order chi connectivity index (χ1) is 11.3. The van der Waals surface area contributed by atoms with Crippen molar-refractivity contribution in [3.63, 3.8) is 0 Å².